The van der Waals surface area contributed by atoms with Crippen LogP contribution in [-0.2, 0) is 22.6 Å². The third-order valence-electron chi connectivity index (χ3n) is 5.75. The number of anilines is 1. The standard InChI is InChI=1S/C25H26N4O5/c1-4-34-23(31)20-14-21-22(30)29(18-10-12-19(33-3)13-11-18)25(2,16-28(21)27-20)24(32)26-15-17-8-6-5-7-9-17/h5-14H,4,15-16H2,1-3H3,(H,26,32)/t25-/m0/s1. The molecule has 176 valence electrons. The largest absolute Gasteiger partial charge is 0.497 e. The minimum atomic E-state index is -1.31. The summed E-state index contributed by atoms with van der Waals surface area (Å²) in [5, 5.41) is 7.21. The van der Waals surface area contributed by atoms with Crippen LogP contribution in [0, 0.1) is 0 Å². The Balaban J connectivity index is 1.72. The molecule has 2 amide bonds. The Bertz CT molecular complexity index is 1210. The van der Waals surface area contributed by atoms with E-state index in [2.05, 4.69) is 10.4 Å². The van der Waals surface area contributed by atoms with Crippen molar-refractivity contribution in [3.8, 4) is 5.75 Å². The molecule has 1 atom stereocenters. The number of hydrogen-bond acceptors (Lipinski definition) is 6. The number of aromatic nitrogens is 2. The van der Waals surface area contributed by atoms with Crippen LogP contribution >= 0.6 is 0 Å². The summed E-state index contributed by atoms with van der Waals surface area (Å²) in [6, 6.07) is 17.8. The van der Waals surface area contributed by atoms with E-state index >= 15 is 0 Å². The van der Waals surface area contributed by atoms with Crippen molar-refractivity contribution in [3.63, 3.8) is 0 Å². The maximum Gasteiger partial charge on any atom is 0.358 e. The molecule has 0 unspecified atom stereocenters. The van der Waals surface area contributed by atoms with Gasteiger partial charge in [-0.25, -0.2) is 4.79 Å². The maximum atomic E-state index is 13.7. The van der Waals surface area contributed by atoms with Crippen molar-refractivity contribution in [1.29, 1.82) is 0 Å². The number of benzene rings is 2. The van der Waals surface area contributed by atoms with Crippen LogP contribution in [0.1, 0.15) is 40.4 Å². The Hall–Kier alpha value is -4.14. The lowest BCUT2D eigenvalue weighted by atomic mass is 9.93. The number of methoxy groups -OCH3 is 1. The molecule has 2 heterocycles. The second-order valence-electron chi connectivity index (χ2n) is 8.07. The van der Waals surface area contributed by atoms with Gasteiger partial charge in [-0.05, 0) is 43.7 Å². The number of rotatable bonds is 7. The molecular formula is C25H26N4O5. The highest BCUT2D eigenvalue weighted by molar-refractivity contribution is 6.12. The number of carbonyl (C=O) groups is 3. The molecule has 1 aliphatic rings. The van der Waals surface area contributed by atoms with Crippen molar-refractivity contribution in [1.82, 2.24) is 15.1 Å². The second-order valence-corrected chi connectivity index (χ2v) is 8.07. The number of esters is 1. The molecule has 1 N–H and O–H groups in total. The van der Waals surface area contributed by atoms with E-state index in [1.807, 2.05) is 30.3 Å². The fourth-order valence-electron chi connectivity index (χ4n) is 3.99. The molecule has 9 nitrogen and oxygen atoms in total. The Morgan fingerprint density at radius 1 is 1.12 bits per heavy atom. The molecule has 34 heavy (non-hydrogen) atoms. The van der Waals surface area contributed by atoms with Crippen LogP contribution in [0.5, 0.6) is 5.75 Å². The van der Waals surface area contributed by atoms with E-state index in [-0.39, 0.29) is 30.4 Å². The highest BCUT2D eigenvalue weighted by Gasteiger charge is 2.49. The molecule has 0 aliphatic carbocycles. The summed E-state index contributed by atoms with van der Waals surface area (Å²) in [7, 11) is 1.55. The highest BCUT2D eigenvalue weighted by Crippen LogP contribution is 2.34. The van der Waals surface area contributed by atoms with Gasteiger partial charge >= 0.3 is 5.97 Å². The van der Waals surface area contributed by atoms with Crippen LogP contribution in [0.2, 0.25) is 0 Å². The van der Waals surface area contributed by atoms with Gasteiger partial charge in [-0.3, -0.25) is 19.2 Å². The Morgan fingerprint density at radius 2 is 1.82 bits per heavy atom. The van der Waals surface area contributed by atoms with Gasteiger partial charge in [0, 0.05) is 18.3 Å². The first-order chi connectivity index (χ1) is 16.4. The topological polar surface area (TPSA) is 103 Å². The molecule has 0 saturated carbocycles. The molecule has 4 rings (SSSR count). The SMILES string of the molecule is CCOC(=O)c1cc2n(n1)C[C@@](C)(C(=O)NCc1ccccc1)N(c1ccc(OC)cc1)C2=O. The number of ether oxygens (including phenoxy) is 2. The van der Waals surface area contributed by atoms with E-state index in [1.165, 1.54) is 15.6 Å². The Labute approximate surface area is 197 Å². The average molecular weight is 463 g/mol. The summed E-state index contributed by atoms with van der Waals surface area (Å²) in [6.07, 6.45) is 0. The first-order valence-electron chi connectivity index (χ1n) is 10.9. The van der Waals surface area contributed by atoms with Crippen molar-refractivity contribution >= 4 is 23.5 Å². The maximum absolute atomic E-state index is 13.7. The number of nitrogens with zero attached hydrogens (tertiary/aromatic N) is 3. The summed E-state index contributed by atoms with van der Waals surface area (Å²) >= 11 is 0. The quantitative estimate of drug-likeness (QED) is 0.542. The Kier molecular flexibility index (Phi) is 6.36. The fourth-order valence-corrected chi connectivity index (χ4v) is 3.99. The highest BCUT2D eigenvalue weighted by atomic mass is 16.5. The molecule has 3 aromatic rings. The molecule has 0 spiro atoms. The third kappa shape index (κ3) is 4.24. The van der Waals surface area contributed by atoms with Crippen molar-refractivity contribution in [2.45, 2.75) is 32.5 Å². The monoisotopic (exact) mass is 462 g/mol. The first kappa shape index (κ1) is 23.0. The van der Waals surface area contributed by atoms with E-state index in [0.717, 1.165) is 5.56 Å². The molecule has 0 radical (unpaired) electrons. The number of amides is 2. The normalized spacial score (nSPS) is 17.1. The van der Waals surface area contributed by atoms with Crippen molar-refractivity contribution in [3.05, 3.63) is 77.6 Å². The van der Waals surface area contributed by atoms with E-state index in [9.17, 15) is 14.4 Å². The van der Waals surface area contributed by atoms with E-state index < -0.39 is 17.4 Å². The van der Waals surface area contributed by atoms with Gasteiger partial charge in [0.2, 0.25) is 5.91 Å². The molecule has 0 bridgehead atoms. The van der Waals surface area contributed by atoms with Crippen LogP contribution in [0.15, 0.2) is 60.7 Å². The summed E-state index contributed by atoms with van der Waals surface area (Å²) in [5.41, 5.74) is 0.363. The summed E-state index contributed by atoms with van der Waals surface area (Å²) in [6.45, 7) is 3.93. The zero-order chi connectivity index (χ0) is 24.3. The minimum absolute atomic E-state index is 0.0221. The number of nitrogens with one attached hydrogen (secondary N) is 1. The number of fused-ring (bicyclic) bond motifs is 1. The molecule has 0 saturated heterocycles. The van der Waals surface area contributed by atoms with Gasteiger partial charge in [0.05, 0.1) is 20.3 Å². The van der Waals surface area contributed by atoms with Crippen LogP contribution in [-0.4, -0.2) is 46.8 Å². The Morgan fingerprint density at radius 3 is 2.47 bits per heavy atom. The predicted octanol–water partition coefficient (Wildman–Crippen LogP) is 2.80. The average Bonchev–Trinajstić information content (AvgIpc) is 3.28. The van der Waals surface area contributed by atoms with Crippen molar-refractivity contribution < 1.29 is 23.9 Å². The number of hydrogen-bond donors (Lipinski definition) is 1. The predicted molar refractivity (Wildman–Crippen MR) is 125 cm³/mol. The van der Waals surface area contributed by atoms with E-state index in [1.54, 1.807) is 45.2 Å². The number of carbonyl (C=O) groups excluding carboxylic acids is 3. The molecule has 2 aromatic carbocycles. The fraction of sp³-hybridized carbons (Fsp3) is 0.280. The zero-order valence-electron chi connectivity index (χ0n) is 19.3. The lowest BCUT2D eigenvalue weighted by molar-refractivity contribution is -0.126. The molecular weight excluding hydrogens is 436 g/mol. The minimum Gasteiger partial charge on any atom is -0.497 e. The smallest absolute Gasteiger partial charge is 0.358 e. The lowest BCUT2D eigenvalue weighted by Gasteiger charge is -2.43. The van der Waals surface area contributed by atoms with Crippen LogP contribution in [0.3, 0.4) is 0 Å². The van der Waals surface area contributed by atoms with Crippen molar-refractivity contribution in [2.75, 3.05) is 18.6 Å². The van der Waals surface area contributed by atoms with Crippen LogP contribution in [0.4, 0.5) is 5.69 Å². The van der Waals surface area contributed by atoms with Gasteiger partial charge in [0.25, 0.3) is 5.91 Å². The van der Waals surface area contributed by atoms with Gasteiger partial charge in [0.1, 0.15) is 17.0 Å². The lowest BCUT2D eigenvalue weighted by Crippen LogP contribution is -2.64. The van der Waals surface area contributed by atoms with Crippen LogP contribution in [0.25, 0.3) is 0 Å². The third-order valence-corrected chi connectivity index (χ3v) is 5.75. The van der Waals surface area contributed by atoms with Crippen LogP contribution < -0.4 is 15.0 Å². The van der Waals surface area contributed by atoms with Gasteiger partial charge in [-0.2, -0.15) is 5.10 Å². The van der Waals surface area contributed by atoms with E-state index in [0.29, 0.717) is 18.0 Å². The molecule has 1 aromatic heterocycles. The van der Waals surface area contributed by atoms with Gasteiger partial charge < -0.3 is 14.8 Å². The molecule has 9 heteroatoms. The van der Waals surface area contributed by atoms with Gasteiger partial charge in [0.15, 0.2) is 5.69 Å². The van der Waals surface area contributed by atoms with Gasteiger partial charge in [-0.1, -0.05) is 30.3 Å². The summed E-state index contributed by atoms with van der Waals surface area (Å²) in [4.78, 5) is 40.9. The second kappa shape index (κ2) is 9.38. The molecule has 1 aliphatic heterocycles. The summed E-state index contributed by atoms with van der Waals surface area (Å²) < 4.78 is 11.7. The van der Waals surface area contributed by atoms with Gasteiger partial charge in [-0.15, -0.1) is 0 Å². The zero-order valence-corrected chi connectivity index (χ0v) is 19.3. The summed E-state index contributed by atoms with van der Waals surface area (Å²) in [5.74, 6) is -0.794. The molecule has 0 fully saturated rings. The van der Waals surface area contributed by atoms with Crippen molar-refractivity contribution in [2.24, 2.45) is 0 Å². The van der Waals surface area contributed by atoms with E-state index in [4.69, 9.17) is 9.47 Å². The first-order valence-corrected chi connectivity index (χ1v) is 10.9.